The van der Waals surface area contributed by atoms with Gasteiger partial charge in [-0.15, -0.1) is 12.4 Å². The maximum atomic E-state index is 12.9. The van der Waals surface area contributed by atoms with Gasteiger partial charge in [-0.05, 0) is 51.1 Å². The quantitative estimate of drug-likeness (QED) is 0.630. The summed E-state index contributed by atoms with van der Waals surface area (Å²) in [5, 5.41) is 14.6. The first-order chi connectivity index (χ1) is 11.4. The molecular formula is C16H24ClN3O4S. The van der Waals surface area contributed by atoms with Crippen LogP contribution in [0.2, 0.25) is 0 Å². The largest absolute Gasteiger partial charge is 0.314 e. The summed E-state index contributed by atoms with van der Waals surface area (Å²) in [5.74, 6) is 0.519. The molecule has 0 bridgehead atoms. The molecule has 1 aromatic rings. The van der Waals surface area contributed by atoms with E-state index in [0.717, 1.165) is 19.4 Å². The molecule has 9 heteroatoms. The Bertz CT molecular complexity index is 727. The van der Waals surface area contributed by atoms with Crippen LogP contribution in [0, 0.1) is 23.0 Å². The highest BCUT2D eigenvalue weighted by molar-refractivity contribution is 7.89. The molecule has 3 rings (SSSR count). The zero-order valence-electron chi connectivity index (χ0n) is 14.2. The van der Waals surface area contributed by atoms with Gasteiger partial charge in [-0.3, -0.25) is 10.1 Å². The van der Waals surface area contributed by atoms with Gasteiger partial charge in [0.1, 0.15) is 0 Å². The minimum atomic E-state index is -3.69. The van der Waals surface area contributed by atoms with Gasteiger partial charge in [0.15, 0.2) is 0 Å². The van der Waals surface area contributed by atoms with E-state index in [-0.39, 0.29) is 28.6 Å². The molecule has 7 nitrogen and oxygen atoms in total. The summed E-state index contributed by atoms with van der Waals surface area (Å²) in [6.45, 7) is 3.51. The highest BCUT2D eigenvalue weighted by Crippen LogP contribution is 2.31. The maximum absolute atomic E-state index is 12.9. The summed E-state index contributed by atoms with van der Waals surface area (Å²) in [4.78, 5) is 10.6. The molecule has 0 amide bonds. The van der Waals surface area contributed by atoms with Crippen molar-refractivity contribution in [3.05, 3.63) is 33.9 Å². The third-order valence-corrected chi connectivity index (χ3v) is 7.28. The third kappa shape index (κ3) is 3.97. The van der Waals surface area contributed by atoms with Crippen LogP contribution in [-0.4, -0.2) is 43.3 Å². The number of sulfonamides is 1. The third-order valence-electron chi connectivity index (χ3n) is 5.24. The first-order valence-electron chi connectivity index (χ1n) is 8.39. The Hall–Kier alpha value is -1.22. The number of piperidine rings is 1. The summed E-state index contributed by atoms with van der Waals surface area (Å²) in [6, 6.07) is 4.75. The lowest BCUT2D eigenvalue weighted by Crippen LogP contribution is -2.43. The first-order valence-corrected chi connectivity index (χ1v) is 9.83. The Kier molecular flexibility index (Phi) is 6.42. The van der Waals surface area contributed by atoms with Crippen molar-refractivity contribution in [1.82, 2.24) is 9.62 Å². The lowest BCUT2D eigenvalue weighted by molar-refractivity contribution is -0.385. The molecule has 0 spiro atoms. The number of hydrogen-bond donors (Lipinski definition) is 1. The van der Waals surface area contributed by atoms with Gasteiger partial charge >= 0.3 is 0 Å². The summed E-state index contributed by atoms with van der Waals surface area (Å²) in [7, 11) is -3.69. The number of hydrogen-bond acceptors (Lipinski definition) is 5. The van der Waals surface area contributed by atoms with Crippen molar-refractivity contribution in [2.45, 2.75) is 43.5 Å². The number of benzene rings is 1. The number of nitrogens with zero attached hydrogens (tertiary/aromatic N) is 2. The molecule has 0 saturated carbocycles. The Morgan fingerprint density at radius 3 is 2.48 bits per heavy atom. The minimum Gasteiger partial charge on any atom is -0.314 e. The SMILES string of the molecule is Cc1c([N+](=O)[O-])cccc1S(=O)(=O)N1CCC(C2CCCN2)CC1.Cl. The van der Waals surface area contributed by atoms with E-state index >= 15 is 0 Å². The molecule has 25 heavy (non-hydrogen) atoms. The summed E-state index contributed by atoms with van der Waals surface area (Å²) >= 11 is 0. The first kappa shape index (κ1) is 20.1. The number of nitrogens with one attached hydrogen (secondary N) is 1. The number of halogens is 1. The molecule has 2 aliphatic rings. The lowest BCUT2D eigenvalue weighted by Gasteiger charge is -2.34. The second kappa shape index (κ2) is 7.99. The van der Waals surface area contributed by atoms with Crippen molar-refractivity contribution in [2.75, 3.05) is 19.6 Å². The van der Waals surface area contributed by atoms with Crippen molar-refractivity contribution in [3.63, 3.8) is 0 Å². The van der Waals surface area contributed by atoms with Crippen LogP contribution in [0.1, 0.15) is 31.2 Å². The number of nitro benzene ring substituents is 1. The van der Waals surface area contributed by atoms with Crippen LogP contribution >= 0.6 is 12.4 Å². The summed E-state index contributed by atoms with van der Waals surface area (Å²) in [6.07, 6.45) is 4.03. The fourth-order valence-electron chi connectivity index (χ4n) is 3.85. The fraction of sp³-hybridized carbons (Fsp3) is 0.625. The van der Waals surface area contributed by atoms with E-state index in [4.69, 9.17) is 0 Å². The Morgan fingerprint density at radius 1 is 1.24 bits per heavy atom. The second-order valence-electron chi connectivity index (χ2n) is 6.60. The van der Waals surface area contributed by atoms with Gasteiger partial charge < -0.3 is 5.32 Å². The lowest BCUT2D eigenvalue weighted by atomic mass is 9.89. The summed E-state index contributed by atoms with van der Waals surface area (Å²) in [5.41, 5.74) is 0.0585. The van der Waals surface area contributed by atoms with Crippen LogP contribution in [0.25, 0.3) is 0 Å². The smallest absolute Gasteiger partial charge is 0.273 e. The van der Waals surface area contributed by atoms with E-state index in [9.17, 15) is 18.5 Å². The standard InChI is InChI=1S/C16H23N3O4S.ClH/c1-12-15(19(20)21)5-2-6-16(12)24(22,23)18-10-7-13(8-11-18)14-4-3-9-17-14;/h2,5-6,13-14,17H,3-4,7-11H2,1H3;1H. The van der Waals surface area contributed by atoms with Gasteiger partial charge in [0, 0.05) is 30.8 Å². The van der Waals surface area contributed by atoms with Gasteiger partial charge in [-0.1, -0.05) is 6.07 Å². The van der Waals surface area contributed by atoms with Crippen LogP contribution in [-0.2, 0) is 10.0 Å². The normalized spacial score (nSPS) is 22.5. The van der Waals surface area contributed by atoms with Crippen molar-refractivity contribution in [2.24, 2.45) is 5.92 Å². The van der Waals surface area contributed by atoms with E-state index in [1.807, 2.05) is 0 Å². The fourth-order valence-corrected chi connectivity index (χ4v) is 5.56. The van der Waals surface area contributed by atoms with Crippen LogP contribution in [0.15, 0.2) is 23.1 Å². The molecule has 1 N–H and O–H groups in total. The van der Waals surface area contributed by atoms with Crippen molar-refractivity contribution in [1.29, 1.82) is 0 Å². The Morgan fingerprint density at radius 2 is 1.92 bits per heavy atom. The molecule has 2 aliphatic heterocycles. The minimum absolute atomic E-state index is 0. The maximum Gasteiger partial charge on any atom is 0.273 e. The zero-order chi connectivity index (χ0) is 17.3. The Balaban J connectivity index is 0.00000225. The topological polar surface area (TPSA) is 92.5 Å². The molecule has 2 fully saturated rings. The van der Waals surface area contributed by atoms with E-state index in [1.165, 1.54) is 42.3 Å². The predicted octanol–water partition coefficient (Wildman–Crippen LogP) is 2.48. The number of nitro groups is 1. The zero-order valence-corrected chi connectivity index (χ0v) is 15.8. The highest BCUT2D eigenvalue weighted by atomic mass is 35.5. The van der Waals surface area contributed by atoms with E-state index in [1.54, 1.807) is 0 Å². The van der Waals surface area contributed by atoms with Crippen molar-refractivity contribution >= 4 is 28.1 Å². The van der Waals surface area contributed by atoms with Crippen LogP contribution in [0.5, 0.6) is 0 Å². The van der Waals surface area contributed by atoms with Gasteiger partial charge in [0.05, 0.1) is 9.82 Å². The van der Waals surface area contributed by atoms with Gasteiger partial charge in [0.2, 0.25) is 10.0 Å². The van der Waals surface area contributed by atoms with E-state index in [2.05, 4.69) is 5.32 Å². The molecular weight excluding hydrogens is 366 g/mol. The van der Waals surface area contributed by atoms with Crippen molar-refractivity contribution < 1.29 is 13.3 Å². The molecule has 0 radical (unpaired) electrons. The molecule has 140 valence electrons. The van der Waals surface area contributed by atoms with Crippen LogP contribution in [0.4, 0.5) is 5.69 Å². The van der Waals surface area contributed by atoms with Crippen LogP contribution < -0.4 is 5.32 Å². The molecule has 0 aromatic heterocycles. The van der Waals surface area contributed by atoms with Crippen molar-refractivity contribution in [3.8, 4) is 0 Å². The molecule has 1 aromatic carbocycles. The Labute approximate surface area is 154 Å². The van der Waals surface area contributed by atoms with E-state index < -0.39 is 14.9 Å². The average Bonchev–Trinajstić information content (AvgIpc) is 3.09. The molecule has 0 aliphatic carbocycles. The number of rotatable bonds is 4. The summed E-state index contributed by atoms with van der Waals surface area (Å²) < 4.78 is 27.3. The average molecular weight is 390 g/mol. The van der Waals surface area contributed by atoms with Gasteiger partial charge in [0.25, 0.3) is 5.69 Å². The monoisotopic (exact) mass is 389 g/mol. The predicted molar refractivity (Wildman–Crippen MR) is 97.6 cm³/mol. The molecule has 2 saturated heterocycles. The van der Waals surface area contributed by atoms with E-state index in [0.29, 0.717) is 25.0 Å². The van der Waals surface area contributed by atoms with Gasteiger partial charge in [-0.2, -0.15) is 4.31 Å². The molecule has 1 atom stereocenters. The van der Waals surface area contributed by atoms with Crippen LogP contribution in [0.3, 0.4) is 0 Å². The molecule has 2 heterocycles. The second-order valence-corrected chi connectivity index (χ2v) is 8.51. The van der Waals surface area contributed by atoms with Gasteiger partial charge in [-0.25, -0.2) is 8.42 Å². The molecule has 1 unspecified atom stereocenters. The highest BCUT2D eigenvalue weighted by Gasteiger charge is 2.35.